The van der Waals surface area contributed by atoms with Gasteiger partial charge in [-0.2, -0.15) is 0 Å². The topological polar surface area (TPSA) is 72.3 Å². The third kappa shape index (κ3) is 6.00. The van der Waals surface area contributed by atoms with Crippen molar-refractivity contribution in [2.45, 2.75) is 37.8 Å². The molecule has 0 heterocycles. The molecule has 0 aliphatic heterocycles. The lowest BCUT2D eigenvalue weighted by Crippen LogP contribution is -2.48. The van der Waals surface area contributed by atoms with Crippen LogP contribution in [0.2, 0.25) is 0 Å². The summed E-state index contributed by atoms with van der Waals surface area (Å²) in [7, 11) is 1.86. The van der Waals surface area contributed by atoms with E-state index in [1.807, 2.05) is 48.3 Å². The Kier molecular flexibility index (Phi) is 7.64. The summed E-state index contributed by atoms with van der Waals surface area (Å²) >= 11 is 0. The van der Waals surface area contributed by atoms with Crippen molar-refractivity contribution in [3.05, 3.63) is 71.8 Å². The zero-order chi connectivity index (χ0) is 18.1. The maximum absolute atomic E-state index is 12.7. The van der Waals surface area contributed by atoms with E-state index in [1.165, 1.54) is 11.1 Å². The molecule has 0 aliphatic carbocycles. The van der Waals surface area contributed by atoms with Crippen LogP contribution in [0.3, 0.4) is 0 Å². The number of carbonyl (C=O) groups is 1. The van der Waals surface area contributed by atoms with Crippen LogP contribution in [0.4, 0.5) is 0 Å². The quantitative estimate of drug-likeness (QED) is 0.737. The second-order valence-corrected chi connectivity index (χ2v) is 6.52. The standard InChI is InChI=1S/C21H29N3O/c1-24(21(25)20(23)13-8-14-22)19(15-17-9-4-2-5-10-17)16-18-11-6-3-7-12-18/h2-7,9-12,19-20H,8,13-16,22-23H2,1H3/t20-/m0/s1. The lowest BCUT2D eigenvalue weighted by Gasteiger charge is -2.31. The molecular formula is C21H29N3O. The van der Waals surface area contributed by atoms with Gasteiger partial charge in [0.1, 0.15) is 0 Å². The zero-order valence-electron chi connectivity index (χ0n) is 15.0. The fraction of sp³-hybridized carbons (Fsp3) is 0.381. The number of nitrogens with zero attached hydrogens (tertiary/aromatic N) is 1. The first-order valence-electron chi connectivity index (χ1n) is 8.92. The zero-order valence-corrected chi connectivity index (χ0v) is 15.0. The summed E-state index contributed by atoms with van der Waals surface area (Å²) in [5, 5.41) is 0. The molecule has 2 aromatic carbocycles. The van der Waals surface area contributed by atoms with Gasteiger partial charge in [-0.15, -0.1) is 0 Å². The number of amides is 1. The maximum atomic E-state index is 12.7. The van der Waals surface area contributed by atoms with Crippen LogP contribution in [0, 0.1) is 0 Å². The highest BCUT2D eigenvalue weighted by Gasteiger charge is 2.24. The van der Waals surface area contributed by atoms with E-state index in [2.05, 4.69) is 24.3 Å². The molecule has 0 unspecified atom stereocenters. The minimum atomic E-state index is -0.484. The molecule has 0 saturated heterocycles. The van der Waals surface area contributed by atoms with Gasteiger partial charge in [-0.05, 0) is 43.4 Å². The van der Waals surface area contributed by atoms with Crippen LogP contribution in [0.25, 0.3) is 0 Å². The number of hydrogen-bond donors (Lipinski definition) is 2. The van der Waals surface area contributed by atoms with Crippen molar-refractivity contribution in [2.75, 3.05) is 13.6 Å². The molecule has 1 amide bonds. The molecule has 4 nitrogen and oxygen atoms in total. The fourth-order valence-corrected chi connectivity index (χ4v) is 3.02. The van der Waals surface area contributed by atoms with Gasteiger partial charge >= 0.3 is 0 Å². The number of likely N-dealkylation sites (N-methyl/N-ethyl adjacent to an activating group) is 1. The van der Waals surface area contributed by atoms with Crippen molar-refractivity contribution in [1.29, 1.82) is 0 Å². The Morgan fingerprint density at radius 3 is 1.88 bits per heavy atom. The molecule has 0 saturated carbocycles. The molecule has 0 aliphatic rings. The SMILES string of the molecule is CN(C(=O)[C@@H](N)CCCN)C(Cc1ccccc1)Cc1ccccc1. The highest BCUT2D eigenvalue weighted by atomic mass is 16.2. The molecule has 0 bridgehead atoms. The lowest BCUT2D eigenvalue weighted by atomic mass is 9.97. The van der Waals surface area contributed by atoms with Crippen LogP contribution in [0.1, 0.15) is 24.0 Å². The molecule has 2 aromatic rings. The van der Waals surface area contributed by atoms with E-state index in [4.69, 9.17) is 11.5 Å². The average molecular weight is 339 g/mol. The Bertz CT molecular complexity index is 589. The third-order valence-corrected chi connectivity index (χ3v) is 4.56. The lowest BCUT2D eigenvalue weighted by molar-refractivity contribution is -0.133. The number of nitrogens with two attached hydrogens (primary N) is 2. The summed E-state index contributed by atoms with van der Waals surface area (Å²) in [5.74, 6) is -0.00897. The number of rotatable bonds is 9. The van der Waals surface area contributed by atoms with Crippen molar-refractivity contribution in [2.24, 2.45) is 11.5 Å². The monoisotopic (exact) mass is 339 g/mol. The molecule has 4 N–H and O–H groups in total. The van der Waals surface area contributed by atoms with Crippen molar-refractivity contribution in [1.82, 2.24) is 4.90 Å². The van der Waals surface area contributed by atoms with Gasteiger partial charge in [0.05, 0.1) is 6.04 Å². The van der Waals surface area contributed by atoms with Crippen molar-refractivity contribution in [3.63, 3.8) is 0 Å². The molecule has 1 atom stereocenters. The van der Waals surface area contributed by atoms with E-state index in [0.29, 0.717) is 13.0 Å². The Labute approximate surface area is 150 Å². The normalized spacial score (nSPS) is 12.2. The predicted octanol–water partition coefficient (Wildman–Crippen LogP) is 2.37. The highest BCUT2D eigenvalue weighted by Crippen LogP contribution is 2.15. The first-order chi connectivity index (χ1) is 12.1. The number of hydrogen-bond acceptors (Lipinski definition) is 3. The van der Waals surface area contributed by atoms with Gasteiger partial charge in [-0.25, -0.2) is 0 Å². The van der Waals surface area contributed by atoms with Gasteiger partial charge in [0.2, 0.25) is 5.91 Å². The molecule has 25 heavy (non-hydrogen) atoms. The Morgan fingerprint density at radius 1 is 0.960 bits per heavy atom. The van der Waals surface area contributed by atoms with Crippen molar-refractivity contribution >= 4 is 5.91 Å². The number of carbonyl (C=O) groups excluding carboxylic acids is 1. The Balaban J connectivity index is 2.13. The van der Waals surface area contributed by atoms with Gasteiger partial charge in [0, 0.05) is 13.1 Å². The predicted molar refractivity (Wildman–Crippen MR) is 103 cm³/mol. The summed E-state index contributed by atoms with van der Waals surface area (Å²) in [5.41, 5.74) is 14.1. The van der Waals surface area contributed by atoms with Crippen LogP contribution in [-0.4, -0.2) is 36.5 Å². The van der Waals surface area contributed by atoms with Gasteiger partial charge in [0.15, 0.2) is 0 Å². The first kappa shape index (κ1) is 19.2. The van der Waals surface area contributed by atoms with Gasteiger partial charge < -0.3 is 16.4 Å². The van der Waals surface area contributed by atoms with E-state index in [1.54, 1.807) is 0 Å². The summed E-state index contributed by atoms with van der Waals surface area (Å²) in [4.78, 5) is 14.6. The van der Waals surface area contributed by atoms with Crippen molar-refractivity contribution < 1.29 is 4.79 Å². The molecule has 134 valence electrons. The van der Waals surface area contributed by atoms with Gasteiger partial charge in [-0.3, -0.25) is 4.79 Å². The van der Waals surface area contributed by atoms with Gasteiger partial charge in [-0.1, -0.05) is 60.7 Å². The molecule has 0 fully saturated rings. The minimum Gasteiger partial charge on any atom is -0.341 e. The van der Waals surface area contributed by atoms with Crippen LogP contribution in [-0.2, 0) is 17.6 Å². The molecule has 2 rings (SSSR count). The van der Waals surface area contributed by atoms with Crippen molar-refractivity contribution in [3.8, 4) is 0 Å². The Morgan fingerprint density at radius 2 is 1.44 bits per heavy atom. The minimum absolute atomic E-state index is 0.00897. The first-order valence-corrected chi connectivity index (χ1v) is 8.92. The number of benzene rings is 2. The van der Waals surface area contributed by atoms with E-state index < -0.39 is 6.04 Å². The largest absolute Gasteiger partial charge is 0.341 e. The molecular weight excluding hydrogens is 310 g/mol. The summed E-state index contributed by atoms with van der Waals surface area (Å²) in [6.45, 7) is 0.558. The second-order valence-electron chi connectivity index (χ2n) is 6.52. The fourth-order valence-electron chi connectivity index (χ4n) is 3.02. The summed E-state index contributed by atoms with van der Waals surface area (Å²) in [6.07, 6.45) is 3.01. The van der Waals surface area contributed by atoms with E-state index in [9.17, 15) is 4.79 Å². The average Bonchev–Trinajstić information content (AvgIpc) is 2.66. The molecule has 0 radical (unpaired) electrons. The highest BCUT2D eigenvalue weighted by molar-refractivity contribution is 5.81. The van der Waals surface area contributed by atoms with E-state index in [0.717, 1.165) is 19.3 Å². The summed E-state index contributed by atoms with van der Waals surface area (Å²) < 4.78 is 0. The molecule has 4 heteroatoms. The van der Waals surface area contributed by atoms with Gasteiger partial charge in [0.25, 0.3) is 0 Å². The second kappa shape index (κ2) is 9.97. The molecule has 0 spiro atoms. The summed E-state index contributed by atoms with van der Waals surface area (Å²) in [6, 6.07) is 20.1. The van der Waals surface area contributed by atoms with Crippen LogP contribution >= 0.6 is 0 Å². The Hall–Kier alpha value is -2.17. The maximum Gasteiger partial charge on any atom is 0.239 e. The third-order valence-electron chi connectivity index (χ3n) is 4.56. The molecule has 0 aromatic heterocycles. The van der Waals surface area contributed by atoms with E-state index in [-0.39, 0.29) is 11.9 Å². The van der Waals surface area contributed by atoms with Crippen LogP contribution in [0.5, 0.6) is 0 Å². The smallest absolute Gasteiger partial charge is 0.239 e. The van der Waals surface area contributed by atoms with Crippen LogP contribution < -0.4 is 11.5 Å². The van der Waals surface area contributed by atoms with Crippen LogP contribution in [0.15, 0.2) is 60.7 Å². The van der Waals surface area contributed by atoms with E-state index >= 15 is 0 Å².